The Balaban J connectivity index is 2.09. The number of esters is 1. The van der Waals surface area contributed by atoms with Gasteiger partial charge in [-0.2, -0.15) is 0 Å². The van der Waals surface area contributed by atoms with E-state index < -0.39 is 0 Å². The largest absolute Gasteiger partial charge is 0.469 e. The summed E-state index contributed by atoms with van der Waals surface area (Å²) in [5.41, 5.74) is 8.73. The Kier molecular flexibility index (Phi) is 5.39. The number of nitrogens with two attached hydrogens (primary N) is 1. The number of rotatable bonds is 5. The Labute approximate surface area is 161 Å². The van der Waals surface area contributed by atoms with Gasteiger partial charge in [-0.3, -0.25) is 9.59 Å². The second kappa shape index (κ2) is 7.90. The van der Waals surface area contributed by atoms with Crippen molar-refractivity contribution < 1.29 is 14.3 Å². The van der Waals surface area contributed by atoms with Crippen LogP contribution in [-0.2, 0) is 16.0 Å². The van der Waals surface area contributed by atoms with Crippen molar-refractivity contribution >= 4 is 28.8 Å². The van der Waals surface area contributed by atoms with Crippen LogP contribution in [0.1, 0.15) is 26.4 Å². The Morgan fingerprint density at radius 1 is 1.15 bits per heavy atom. The third-order valence-electron chi connectivity index (χ3n) is 4.12. The standard InChI is InChI=1S/C22H17NO3S/c1-3-16-17(10-7-11-18(16)23)21(25)19-12-15(13-20(24)26-2)22(27-19)14-8-5-4-6-9-14/h1,4-12H,13,23H2,2H3. The number of benzene rings is 2. The highest BCUT2D eigenvalue weighted by molar-refractivity contribution is 7.17. The molecule has 3 rings (SSSR count). The topological polar surface area (TPSA) is 69.4 Å². The zero-order chi connectivity index (χ0) is 19.4. The molecule has 1 aromatic heterocycles. The maximum Gasteiger partial charge on any atom is 0.310 e. The molecule has 134 valence electrons. The molecule has 0 saturated carbocycles. The first-order chi connectivity index (χ1) is 13.0. The number of anilines is 1. The number of carbonyl (C=O) groups is 2. The van der Waals surface area contributed by atoms with E-state index in [0.29, 0.717) is 21.7 Å². The molecule has 5 heteroatoms. The summed E-state index contributed by atoms with van der Waals surface area (Å²) >= 11 is 1.33. The van der Waals surface area contributed by atoms with Crippen LogP contribution < -0.4 is 5.73 Å². The number of terminal acetylenes is 1. The minimum Gasteiger partial charge on any atom is -0.469 e. The monoisotopic (exact) mass is 375 g/mol. The number of ketones is 1. The fraction of sp³-hybridized carbons (Fsp3) is 0.0909. The van der Waals surface area contributed by atoms with Crippen molar-refractivity contribution in [1.82, 2.24) is 0 Å². The van der Waals surface area contributed by atoms with E-state index in [-0.39, 0.29) is 18.2 Å². The van der Waals surface area contributed by atoms with Crippen molar-refractivity contribution in [2.24, 2.45) is 0 Å². The molecule has 3 aromatic rings. The lowest BCUT2D eigenvalue weighted by molar-refractivity contribution is -0.139. The molecule has 2 aromatic carbocycles. The molecule has 0 aliphatic rings. The summed E-state index contributed by atoms with van der Waals surface area (Å²) in [4.78, 5) is 26.2. The summed E-state index contributed by atoms with van der Waals surface area (Å²) in [5.74, 6) is 1.92. The highest BCUT2D eigenvalue weighted by atomic mass is 32.1. The van der Waals surface area contributed by atoms with Crippen molar-refractivity contribution in [2.75, 3.05) is 12.8 Å². The molecule has 0 fully saturated rings. The Morgan fingerprint density at radius 2 is 1.89 bits per heavy atom. The van der Waals surface area contributed by atoms with Crippen LogP contribution in [0, 0.1) is 12.3 Å². The molecule has 2 N–H and O–H groups in total. The van der Waals surface area contributed by atoms with Gasteiger partial charge in [-0.05, 0) is 29.3 Å². The quantitative estimate of drug-likeness (QED) is 0.318. The normalized spacial score (nSPS) is 10.2. The molecule has 0 radical (unpaired) electrons. The van der Waals surface area contributed by atoms with Gasteiger partial charge in [-0.1, -0.05) is 42.3 Å². The van der Waals surface area contributed by atoms with Crippen LogP contribution in [0.5, 0.6) is 0 Å². The van der Waals surface area contributed by atoms with Crippen molar-refractivity contribution in [3.05, 3.63) is 76.2 Å². The van der Waals surface area contributed by atoms with Gasteiger partial charge >= 0.3 is 5.97 Å². The van der Waals surface area contributed by atoms with E-state index >= 15 is 0 Å². The highest BCUT2D eigenvalue weighted by Gasteiger charge is 2.21. The van der Waals surface area contributed by atoms with E-state index in [1.54, 1.807) is 24.3 Å². The third-order valence-corrected chi connectivity index (χ3v) is 5.34. The number of hydrogen-bond acceptors (Lipinski definition) is 5. The summed E-state index contributed by atoms with van der Waals surface area (Å²) in [6, 6.07) is 16.4. The van der Waals surface area contributed by atoms with Gasteiger partial charge < -0.3 is 10.5 Å². The molecule has 4 nitrogen and oxygen atoms in total. The number of hydrogen-bond donors (Lipinski definition) is 1. The van der Waals surface area contributed by atoms with E-state index in [1.807, 2.05) is 30.3 Å². The summed E-state index contributed by atoms with van der Waals surface area (Å²) in [7, 11) is 1.34. The molecule has 0 aliphatic heterocycles. The first-order valence-electron chi connectivity index (χ1n) is 8.20. The van der Waals surface area contributed by atoms with Gasteiger partial charge in [0.1, 0.15) is 0 Å². The van der Waals surface area contributed by atoms with Crippen molar-refractivity contribution in [3.8, 4) is 22.8 Å². The average molecular weight is 375 g/mol. The lowest BCUT2D eigenvalue weighted by Crippen LogP contribution is -2.05. The molecular formula is C22H17NO3S. The summed E-state index contributed by atoms with van der Waals surface area (Å²) in [5, 5.41) is 0. The Bertz CT molecular complexity index is 1050. The van der Waals surface area contributed by atoms with Gasteiger partial charge in [0.2, 0.25) is 5.78 Å². The van der Waals surface area contributed by atoms with Crippen molar-refractivity contribution in [3.63, 3.8) is 0 Å². The molecule has 1 heterocycles. The van der Waals surface area contributed by atoms with E-state index in [1.165, 1.54) is 18.4 Å². The molecule has 0 amide bonds. The minimum atomic E-state index is -0.364. The molecule has 0 spiro atoms. The van der Waals surface area contributed by atoms with Crippen LogP contribution in [0.2, 0.25) is 0 Å². The van der Waals surface area contributed by atoms with Gasteiger partial charge in [0, 0.05) is 16.1 Å². The van der Waals surface area contributed by atoms with Crippen LogP contribution in [-0.4, -0.2) is 18.9 Å². The van der Waals surface area contributed by atoms with Crippen molar-refractivity contribution in [1.29, 1.82) is 0 Å². The van der Waals surface area contributed by atoms with Gasteiger partial charge in [-0.15, -0.1) is 17.8 Å². The second-order valence-corrected chi connectivity index (χ2v) is 6.88. The van der Waals surface area contributed by atoms with E-state index in [0.717, 1.165) is 16.0 Å². The van der Waals surface area contributed by atoms with Crippen molar-refractivity contribution in [2.45, 2.75) is 6.42 Å². The molecule has 0 saturated heterocycles. The summed E-state index contributed by atoms with van der Waals surface area (Å²) < 4.78 is 4.79. The molecule has 0 bridgehead atoms. The highest BCUT2D eigenvalue weighted by Crippen LogP contribution is 2.35. The third kappa shape index (κ3) is 3.76. The molecule has 0 unspecified atom stereocenters. The maximum atomic E-state index is 13.1. The maximum absolute atomic E-state index is 13.1. The second-order valence-electron chi connectivity index (χ2n) is 5.83. The fourth-order valence-corrected chi connectivity index (χ4v) is 3.93. The van der Waals surface area contributed by atoms with E-state index in [2.05, 4.69) is 5.92 Å². The first-order valence-corrected chi connectivity index (χ1v) is 9.01. The average Bonchev–Trinajstić information content (AvgIpc) is 3.11. The van der Waals surface area contributed by atoms with Crippen LogP contribution in [0.4, 0.5) is 5.69 Å². The van der Waals surface area contributed by atoms with Crippen LogP contribution in [0.25, 0.3) is 10.4 Å². The summed E-state index contributed by atoms with van der Waals surface area (Å²) in [6.45, 7) is 0. The van der Waals surface area contributed by atoms with Gasteiger partial charge in [0.15, 0.2) is 0 Å². The number of thiophene rings is 1. The molecular weight excluding hydrogens is 358 g/mol. The number of carbonyl (C=O) groups excluding carboxylic acids is 2. The van der Waals surface area contributed by atoms with Gasteiger partial charge in [0.05, 0.1) is 24.0 Å². The molecule has 27 heavy (non-hydrogen) atoms. The molecule has 0 atom stereocenters. The number of methoxy groups -OCH3 is 1. The molecule has 0 aliphatic carbocycles. The van der Waals surface area contributed by atoms with E-state index in [9.17, 15) is 9.59 Å². The number of ether oxygens (including phenoxy) is 1. The lowest BCUT2D eigenvalue weighted by atomic mass is 10.0. The van der Waals surface area contributed by atoms with E-state index in [4.69, 9.17) is 16.9 Å². The minimum absolute atomic E-state index is 0.0867. The van der Waals surface area contributed by atoms with Gasteiger partial charge in [0.25, 0.3) is 0 Å². The van der Waals surface area contributed by atoms with Gasteiger partial charge in [-0.25, -0.2) is 0 Å². The SMILES string of the molecule is C#Cc1c(N)cccc1C(=O)c1cc(CC(=O)OC)c(-c2ccccc2)s1. The number of nitrogen functional groups attached to an aromatic ring is 1. The van der Waals surface area contributed by atoms with Crippen LogP contribution >= 0.6 is 11.3 Å². The summed E-state index contributed by atoms with van der Waals surface area (Å²) in [6.07, 6.45) is 5.62. The van der Waals surface area contributed by atoms with Crippen LogP contribution in [0.15, 0.2) is 54.6 Å². The Morgan fingerprint density at radius 3 is 2.56 bits per heavy atom. The lowest BCUT2D eigenvalue weighted by Gasteiger charge is -2.05. The predicted molar refractivity (Wildman–Crippen MR) is 108 cm³/mol. The zero-order valence-electron chi connectivity index (χ0n) is 14.7. The Hall–Kier alpha value is -3.36. The van der Waals surface area contributed by atoms with Crippen LogP contribution in [0.3, 0.4) is 0 Å². The first kappa shape index (κ1) is 18.4. The smallest absolute Gasteiger partial charge is 0.310 e. The zero-order valence-corrected chi connectivity index (χ0v) is 15.5. The fourth-order valence-electron chi connectivity index (χ4n) is 2.79. The predicted octanol–water partition coefficient (Wildman–Crippen LogP) is 3.93.